The van der Waals surface area contributed by atoms with Crippen molar-refractivity contribution < 1.29 is 9.84 Å². The van der Waals surface area contributed by atoms with E-state index in [0.717, 1.165) is 10.1 Å². The fraction of sp³-hybridized carbons (Fsp3) is 0. The Kier molecular flexibility index (Phi) is 2.81. The third-order valence-electron chi connectivity index (χ3n) is 2.44. The molecule has 5 heteroatoms. The van der Waals surface area contributed by atoms with Crippen LogP contribution < -0.4 is 4.74 Å². The number of nitrogens with zero attached hydrogens (tertiary/aromatic N) is 1. The van der Waals surface area contributed by atoms with Crippen LogP contribution >= 0.6 is 22.9 Å². The van der Waals surface area contributed by atoms with Crippen LogP contribution in [0.4, 0.5) is 0 Å². The second kappa shape index (κ2) is 4.48. The van der Waals surface area contributed by atoms with Crippen molar-refractivity contribution in [1.29, 1.82) is 0 Å². The minimum atomic E-state index is 0.249. The molecule has 0 saturated heterocycles. The Morgan fingerprint density at radius 3 is 2.72 bits per heavy atom. The number of aromatic hydroxyl groups is 1. The monoisotopic (exact) mass is 277 g/mol. The molecule has 90 valence electrons. The first-order valence-corrected chi connectivity index (χ1v) is 6.42. The molecular weight excluding hydrogens is 270 g/mol. The fourth-order valence-corrected chi connectivity index (χ4v) is 2.54. The van der Waals surface area contributed by atoms with E-state index < -0.39 is 0 Å². The van der Waals surface area contributed by atoms with Gasteiger partial charge in [0.1, 0.15) is 5.75 Å². The van der Waals surface area contributed by atoms with Gasteiger partial charge in [-0.1, -0.05) is 22.9 Å². The number of benzene rings is 1. The summed E-state index contributed by atoms with van der Waals surface area (Å²) in [6.07, 6.45) is 3.33. The zero-order valence-electron chi connectivity index (χ0n) is 9.13. The average Bonchev–Trinajstić information content (AvgIpc) is 2.73. The van der Waals surface area contributed by atoms with Crippen LogP contribution in [0, 0.1) is 0 Å². The summed E-state index contributed by atoms with van der Waals surface area (Å²) in [5.41, 5.74) is 0. The molecule has 0 saturated carbocycles. The molecule has 1 N–H and O–H groups in total. The van der Waals surface area contributed by atoms with Gasteiger partial charge in [0, 0.05) is 22.7 Å². The molecule has 18 heavy (non-hydrogen) atoms. The van der Waals surface area contributed by atoms with Gasteiger partial charge in [-0.3, -0.25) is 4.98 Å². The van der Waals surface area contributed by atoms with E-state index in [1.54, 1.807) is 42.7 Å². The van der Waals surface area contributed by atoms with E-state index in [9.17, 15) is 5.11 Å². The van der Waals surface area contributed by atoms with Gasteiger partial charge in [0.15, 0.2) is 10.8 Å². The van der Waals surface area contributed by atoms with Gasteiger partial charge in [0.2, 0.25) is 0 Å². The largest absolute Gasteiger partial charge is 0.499 e. The molecule has 0 atom stereocenters. The lowest BCUT2D eigenvalue weighted by Crippen LogP contribution is -1.85. The summed E-state index contributed by atoms with van der Waals surface area (Å²) in [5, 5.41) is 11.3. The number of halogens is 1. The molecule has 3 nitrogen and oxygen atoms in total. The first kappa shape index (κ1) is 11.3. The average molecular weight is 278 g/mol. The molecule has 0 aliphatic heterocycles. The molecule has 0 amide bonds. The Labute approximate surface area is 112 Å². The molecule has 2 aromatic heterocycles. The van der Waals surface area contributed by atoms with E-state index in [-0.39, 0.29) is 5.06 Å². The summed E-state index contributed by atoms with van der Waals surface area (Å²) in [7, 11) is 0. The van der Waals surface area contributed by atoms with Crippen molar-refractivity contribution in [3.8, 4) is 16.6 Å². The van der Waals surface area contributed by atoms with Gasteiger partial charge in [0.25, 0.3) is 0 Å². The summed E-state index contributed by atoms with van der Waals surface area (Å²) in [5.74, 6) is 1.30. The Hall–Kier alpha value is -1.78. The second-order valence-electron chi connectivity index (χ2n) is 3.69. The van der Waals surface area contributed by atoms with E-state index in [4.69, 9.17) is 16.3 Å². The second-order valence-corrected chi connectivity index (χ2v) is 5.19. The lowest BCUT2D eigenvalue weighted by atomic mass is 10.3. The van der Waals surface area contributed by atoms with Crippen molar-refractivity contribution in [2.75, 3.05) is 0 Å². The number of fused-ring (bicyclic) bond motifs is 1. The maximum Gasteiger partial charge on any atom is 0.172 e. The van der Waals surface area contributed by atoms with E-state index in [0.29, 0.717) is 16.5 Å². The summed E-state index contributed by atoms with van der Waals surface area (Å²) in [4.78, 5) is 4.09. The normalized spacial score (nSPS) is 10.7. The molecule has 0 unspecified atom stereocenters. The molecule has 0 aliphatic carbocycles. The molecule has 0 radical (unpaired) electrons. The van der Waals surface area contributed by atoms with E-state index in [1.807, 2.05) is 0 Å². The van der Waals surface area contributed by atoms with Gasteiger partial charge < -0.3 is 9.84 Å². The van der Waals surface area contributed by atoms with Gasteiger partial charge >= 0.3 is 0 Å². The lowest BCUT2D eigenvalue weighted by Gasteiger charge is -2.06. The van der Waals surface area contributed by atoms with E-state index in [2.05, 4.69) is 4.98 Å². The predicted molar refractivity (Wildman–Crippen MR) is 72.8 cm³/mol. The van der Waals surface area contributed by atoms with Gasteiger partial charge in [-0.05, 0) is 24.3 Å². The number of hydrogen-bond donors (Lipinski definition) is 1. The summed E-state index contributed by atoms with van der Waals surface area (Å²) < 4.78 is 6.62. The number of aromatic nitrogens is 1. The lowest BCUT2D eigenvalue weighted by molar-refractivity contribution is 0.483. The topological polar surface area (TPSA) is 42.4 Å². The van der Waals surface area contributed by atoms with Crippen molar-refractivity contribution in [2.24, 2.45) is 0 Å². The highest BCUT2D eigenvalue weighted by atomic mass is 35.5. The van der Waals surface area contributed by atoms with Crippen LogP contribution in [0.15, 0.2) is 42.7 Å². The molecule has 3 aromatic rings. The van der Waals surface area contributed by atoms with Crippen LogP contribution in [0.25, 0.3) is 10.1 Å². The summed E-state index contributed by atoms with van der Waals surface area (Å²) >= 11 is 7.08. The Bertz CT molecular complexity index is 694. The third kappa shape index (κ3) is 2.12. The van der Waals surface area contributed by atoms with Gasteiger partial charge in [-0.25, -0.2) is 0 Å². The number of pyridine rings is 1. The zero-order chi connectivity index (χ0) is 12.5. The highest BCUT2D eigenvalue weighted by Gasteiger charge is 2.08. The number of ether oxygens (including phenoxy) is 1. The number of hydrogen-bond acceptors (Lipinski definition) is 4. The van der Waals surface area contributed by atoms with Gasteiger partial charge in [0.05, 0.1) is 10.9 Å². The van der Waals surface area contributed by atoms with E-state index >= 15 is 0 Å². The van der Waals surface area contributed by atoms with Crippen molar-refractivity contribution in [3.05, 3.63) is 47.7 Å². The number of rotatable bonds is 2. The molecule has 0 spiro atoms. The SMILES string of the molecule is Oc1cc2c(Oc3ccc(Cl)cc3)cncc2s1. The maximum atomic E-state index is 9.50. The summed E-state index contributed by atoms with van der Waals surface area (Å²) in [6, 6.07) is 8.76. The van der Waals surface area contributed by atoms with Gasteiger partial charge in [-0.2, -0.15) is 0 Å². The van der Waals surface area contributed by atoms with E-state index in [1.165, 1.54) is 11.3 Å². The smallest absolute Gasteiger partial charge is 0.172 e. The molecule has 0 bridgehead atoms. The quantitative estimate of drug-likeness (QED) is 0.752. The first-order chi connectivity index (χ1) is 8.72. The third-order valence-corrected chi connectivity index (χ3v) is 3.56. The van der Waals surface area contributed by atoms with Crippen LogP contribution in [0.5, 0.6) is 16.6 Å². The standard InChI is InChI=1S/C13H8ClNO2S/c14-8-1-3-9(4-2-8)17-11-6-15-7-12-10(11)5-13(16)18-12/h1-7,16H. The summed E-state index contributed by atoms with van der Waals surface area (Å²) in [6.45, 7) is 0. The molecular formula is C13H8ClNO2S. The fourth-order valence-electron chi connectivity index (χ4n) is 1.63. The molecule has 0 fully saturated rings. The van der Waals surface area contributed by atoms with Crippen LogP contribution in [-0.2, 0) is 0 Å². The molecule has 2 heterocycles. The van der Waals surface area contributed by atoms with Crippen LogP contribution in [0.3, 0.4) is 0 Å². The zero-order valence-corrected chi connectivity index (χ0v) is 10.7. The van der Waals surface area contributed by atoms with Crippen molar-refractivity contribution in [1.82, 2.24) is 4.98 Å². The van der Waals surface area contributed by atoms with Crippen molar-refractivity contribution in [3.63, 3.8) is 0 Å². The number of thiophene rings is 1. The molecule has 0 aliphatic rings. The Morgan fingerprint density at radius 2 is 1.94 bits per heavy atom. The maximum absolute atomic E-state index is 9.50. The van der Waals surface area contributed by atoms with Crippen molar-refractivity contribution in [2.45, 2.75) is 0 Å². The minimum absolute atomic E-state index is 0.249. The molecule has 1 aromatic carbocycles. The van der Waals surface area contributed by atoms with Crippen LogP contribution in [0.2, 0.25) is 5.02 Å². The first-order valence-electron chi connectivity index (χ1n) is 5.22. The minimum Gasteiger partial charge on any atom is -0.499 e. The highest BCUT2D eigenvalue weighted by molar-refractivity contribution is 7.20. The Morgan fingerprint density at radius 1 is 1.17 bits per heavy atom. The van der Waals surface area contributed by atoms with Crippen LogP contribution in [0.1, 0.15) is 0 Å². The van der Waals surface area contributed by atoms with Gasteiger partial charge in [-0.15, -0.1) is 0 Å². The predicted octanol–water partition coefficient (Wildman–Crippen LogP) is 4.45. The molecule has 3 rings (SSSR count). The Balaban J connectivity index is 2.01. The van der Waals surface area contributed by atoms with Crippen molar-refractivity contribution >= 4 is 33.0 Å². The highest BCUT2D eigenvalue weighted by Crippen LogP contribution is 2.37. The van der Waals surface area contributed by atoms with Crippen LogP contribution in [-0.4, -0.2) is 10.1 Å².